The number of nitrogens with zero attached hydrogens (tertiary/aromatic N) is 3. The Morgan fingerprint density at radius 1 is 1.25 bits per heavy atom. The Labute approximate surface area is 120 Å². The Bertz CT molecular complexity index is 797. The molecule has 3 aromatic rings. The van der Waals surface area contributed by atoms with E-state index in [4.69, 9.17) is 11.6 Å². The maximum Gasteiger partial charge on any atom is 0.257 e. The number of fused-ring (bicyclic) bond motifs is 1. The summed E-state index contributed by atoms with van der Waals surface area (Å²) in [5.41, 5.74) is 1.80. The van der Waals surface area contributed by atoms with Gasteiger partial charge in [0.1, 0.15) is 5.82 Å². The lowest BCUT2D eigenvalue weighted by Gasteiger charge is -2.06. The summed E-state index contributed by atoms with van der Waals surface area (Å²) in [5.74, 6) is 0.423. The molecule has 3 rings (SSSR count). The molecule has 20 heavy (non-hydrogen) atoms. The number of benzene rings is 1. The quantitative estimate of drug-likeness (QED) is 0.788. The van der Waals surface area contributed by atoms with Gasteiger partial charge in [-0.3, -0.25) is 4.79 Å². The van der Waals surface area contributed by atoms with Gasteiger partial charge in [0.15, 0.2) is 5.65 Å². The predicted octanol–water partition coefficient (Wildman–Crippen LogP) is 2.94. The standard InChI is InChI=1S/C14H11ClN4O/c1-9-16-13-7-6-10(8-19(13)18-9)17-14(20)11-4-2-3-5-12(11)15/h2-8H,1H3,(H,17,20). The van der Waals surface area contributed by atoms with Crippen molar-refractivity contribution in [3.63, 3.8) is 0 Å². The van der Waals surface area contributed by atoms with Crippen molar-refractivity contribution >= 4 is 28.8 Å². The third-order valence-corrected chi connectivity index (χ3v) is 3.14. The van der Waals surface area contributed by atoms with Crippen molar-refractivity contribution in [1.29, 1.82) is 0 Å². The van der Waals surface area contributed by atoms with Crippen molar-refractivity contribution in [3.8, 4) is 0 Å². The molecule has 0 saturated carbocycles. The topological polar surface area (TPSA) is 59.3 Å². The number of carbonyl (C=O) groups excluding carboxylic acids is 1. The van der Waals surface area contributed by atoms with Crippen LogP contribution in [0, 0.1) is 6.92 Å². The summed E-state index contributed by atoms with van der Waals surface area (Å²) in [7, 11) is 0. The van der Waals surface area contributed by atoms with Crippen LogP contribution in [0.4, 0.5) is 5.69 Å². The molecule has 1 amide bonds. The fraction of sp³-hybridized carbons (Fsp3) is 0.0714. The largest absolute Gasteiger partial charge is 0.321 e. The zero-order chi connectivity index (χ0) is 14.1. The first kappa shape index (κ1) is 12.6. The van der Waals surface area contributed by atoms with Gasteiger partial charge in [-0.2, -0.15) is 5.10 Å². The minimum absolute atomic E-state index is 0.258. The second-order valence-corrected chi connectivity index (χ2v) is 4.72. The van der Waals surface area contributed by atoms with Crippen LogP contribution in [0.2, 0.25) is 5.02 Å². The van der Waals surface area contributed by atoms with Crippen LogP contribution < -0.4 is 5.32 Å². The molecule has 2 aromatic heterocycles. The highest BCUT2D eigenvalue weighted by molar-refractivity contribution is 6.34. The van der Waals surface area contributed by atoms with Crippen molar-refractivity contribution < 1.29 is 4.79 Å². The Morgan fingerprint density at radius 3 is 2.85 bits per heavy atom. The number of hydrogen-bond acceptors (Lipinski definition) is 3. The van der Waals surface area contributed by atoms with Crippen molar-refractivity contribution in [1.82, 2.24) is 14.6 Å². The fourth-order valence-corrected chi connectivity index (χ4v) is 2.13. The summed E-state index contributed by atoms with van der Waals surface area (Å²) in [6.45, 7) is 1.81. The van der Waals surface area contributed by atoms with Crippen LogP contribution in [0.5, 0.6) is 0 Å². The highest BCUT2D eigenvalue weighted by Gasteiger charge is 2.10. The van der Waals surface area contributed by atoms with Crippen LogP contribution >= 0.6 is 11.6 Å². The van der Waals surface area contributed by atoms with E-state index in [2.05, 4.69) is 15.4 Å². The van der Waals surface area contributed by atoms with E-state index in [1.165, 1.54) is 0 Å². The molecule has 1 N–H and O–H groups in total. The second-order valence-electron chi connectivity index (χ2n) is 4.31. The van der Waals surface area contributed by atoms with E-state index in [1.807, 2.05) is 6.92 Å². The molecular weight excluding hydrogens is 276 g/mol. The summed E-state index contributed by atoms with van der Waals surface area (Å²) in [6, 6.07) is 10.5. The highest BCUT2D eigenvalue weighted by atomic mass is 35.5. The first-order chi connectivity index (χ1) is 9.63. The second kappa shape index (κ2) is 4.94. The number of amides is 1. The molecule has 0 atom stereocenters. The molecular formula is C14H11ClN4O. The summed E-state index contributed by atoms with van der Waals surface area (Å²) in [5, 5.41) is 7.41. The van der Waals surface area contributed by atoms with Gasteiger partial charge in [0.05, 0.1) is 22.5 Å². The Kier molecular flexibility index (Phi) is 3.12. The zero-order valence-electron chi connectivity index (χ0n) is 10.7. The Morgan fingerprint density at radius 2 is 2.05 bits per heavy atom. The predicted molar refractivity (Wildman–Crippen MR) is 77.1 cm³/mol. The minimum Gasteiger partial charge on any atom is -0.321 e. The van der Waals surface area contributed by atoms with Gasteiger partial charge >= 0.3 is 0 Å². The number of aryl methyl sites for hydroxylation is 1. The number of hydrogen-bond donors (Lipinski definition) is 1. The molecule has 0 bridgehead atoms. The number of nitrogens with one attached hydrogen (secondary N) is 1. The first-order valence-electron chi connectivity index (χ1n) is 6.02. The molecule has 0 radical (unpaired) electrons. The smallest absolute Gasteiger partial charge is 0.257 e. The van der Waals surface area contributed by atoms with Crippen molar-refractivity contribution in [3.05, 3.63) is 59.0 Å². The van der Waals surface area contributed by atoms with E-state index in [0.29, 0.717) is 22.1 Å². The van der Waals surface area contributed by atoms with E-state index in [1.54, 1.807) is 47.1 Å². The van der Waals surface area contributed by atoms with Crippen LogP contribution in [-0.4, -0.2) is 20.5 Å². The van der Waals surface area contributed by atoms with Crippen molar-refractivity contribution in [2.75, 3.05) is 5.32 Å². The van der Waals surface area contributed by atoms with Gasteiger partial charge in [-0.05, 0) is 31.2 Å². The number of rotatable bonds is 2. The van der Waals surface area contributed by atoms with Crippen molar-refractivity contribution in [2.24, 2.45) is 0 Å². The average molecular weight is 287 g/mol. The molecule has 0 spiro atoms. The van der Waals surface area contributed by atoms with Gasteiger partial charge < -0.3 is 5.32 Å². The maximum atomic E-state index is 12.1. The van der Waals surface area contributed by atoms with Crippen LogP contribution in [0.1, 0.15) is 16.2 Å². The van der Waals surface area contributed by atoms with Gasteiger partial charge in [-0.1, -0.05) is 23.7 Å². The molecule has 0 aliphatic rings. The Balaban J connectivity index is 1.89. The number of pyridine rings is 1. The van der Waals surface area contributed by atoms with Gasteiger partial charge in [-0.25, -0.2) is 9.50 Å². The van der Waals surface area contributed by atoms with Gasteiger partial charge in [0.2, 0.25) is 0 Å². The monoisotopic (exact) mass is 286 g/mol. The lowest BCUT2D eigenvalue weighted by atomic mass is 10.2. The number of anilines is 1. The first-order valence-corrected chi connectivity index (χ1v) is 6.40. The summed E-state index contributed by atoms with van der Waals surface area (Å²) in [6.07, 6.45) is 1.71. The molecule has 0 aliphatic carbocycles. The molecule has 0 unspecified atom stereocenters. The van der Waals surface area contributed by atoms with Crippen molar-refractivity contribution in [2.45, 2.75) is 6.92 Å². The van der Waals surface area contributed by atoms with Gasteiger partial charge in [-0.15, -0.1) is 0 Å². The van der Waals surface area contributed by atoms with Crippen LogP contribution in [0.15, 0.2) is 42.6 Å². The molecule has 1 aromatic carbocycles. The average Bonchev–Trinajstić information content (AvgIpc) is 2.78. The fourth-order valence-electron chi connectivity index (χ4n) is 1.91. The maximum absolute atomic E-state index is 12.1. The molecule has 2 heterocycles. The lowest BCUT2D eigenvalue weighted by molar-refractivity contribution is 0.102. The van der Waals surface area contributed by atoms with Gasteiger partial charge in [0.25, 0.3) is 5.91 Å². The Hall–Kier alpha value is -2.40. The SMILES string of the molecule is Cc1nc2ccc(NC(=O)c3ccccc3Cl)cn2n1. The van der Waals surface area contributed by atoms with E-state index < -0.39 is 0 Å². The van der Waals surface area contributed by atoms with E-state index in [-0.39, 0.29) is 5.91 Å². The summed E-state index contributed by atoms with van der Waals surface area (Å²) < 4.78 is 1.62. The summed E-state index contributed by atoms with van der Waals surface area (Å²) >= 11 is 6.00. The molecule has 0 aliphatic heterocycles. The zero-order valence-corrected chi connectivity index (χ0v) is 11.4. The molecule has 0 saturated heterocycles. The number of aromatic nitrogens is 3. The molecule has 6 heteroatoms. The van der Waals surface area contributed by atoms with Crippen LogP contribution in [-0.2, 0) is 0 Å². The summed E-state index contributed by atoms with van der Waals surface area (Å²) in [4.78, 5) is 16.4. The normalized spacial score (nSPS) is 10.7. The van der Waals surface area contributed by atoms with E-state index in [9.17, 15) is 4.79 Å². The van der Waals surface area contributed by atoms with Crippen LogP contribution in [0.3, 0.4) is 0 Å². The minimum atomic E-state index is -0.258. The number of halogens is 1. The van der Waals surface area contributed by atoms with Crippen LogP contribution in [0.25, 0.3) is 5.65 Å². The number of carbonyl (C=O) groups is 1. The molecule has 0 fully saturated rings. The third-order valence-electron chi connectivity index (χ3n) is 2.81. The van der Waals surface area contributed by atoms with Gasteiger partial charge in [0, 0.05) is 0 Å². The highest BCUT2D eigenvalue weighted by Crippen LogP contribution is 2.17. The van der Waals surface area contributed by atoms with E-state index >= 15 is 0 Å². The molecule has 5 nitrogen and oxygen atoms in total. The lowest BCUT2D eigenvalue weighted by Crippen LogP contribution is -2.12. The molecule has 100 valence electrons. The third kappa shape index (κ3) is 2.35. The van der Waals surface area contributed by atoms with E-state index in [0.717, 1.165) is 5.65 Å².